The largest absolute Gasteiger partial charge is 0.342 e. The van der Waals surface area contributed by atoms with Crippen molar-refractivity contribution in [1.82, 2.24) is 9.97 Å². The molecular weight excluding hydrogens is 239 g/mol. The Balaban J connectivity index is 3.02. The van der Waals surface area contributed by atoms with Gasteiger partial charge in [0.25, 0.3) is 0 Å². The minimum absolute atomic E-state index is 0.514. The van der Waals surface area contributed by atoms with Crippen LogP contribution in [0.25, 0.3) is 10.9 Å². The van der Waals surface area contributed by atoms with Crippen LogP contribution in [-0.2, 0) is 0 Å². The lowest BCUT2D eigenvalue weighted by molar-refractivity contribution is 1.08. The van der Waals surface area contributed by atoms with E-state index >= 15 is 0 Å². The molecule has 5 heteroatoms. The highest BCUT2D eigenvalue weighted by Crippen LogP contribution is 2.26. The maximum absolute atomic E-state index is 6.02. The lowest BCUT2D eigenvalue weighted by atomic mass is 10.2. The Morgan fingerprint density at radius 2 is 2.07 bits per heavy atom. The van der Waals surface area contributed by atoms with Gasteiger partial charge in [0.05, 0.1) is 10.5 Å². The van der Waals surface area contributed by atoms with Crippen LogP contribution in [0.1, 0.15) is 5.82 Å². The maximum atomic E-state index is 6.02. The Bertz CT molecular complexity index is 562. The first-order chi connectivity index (χ1) is 6.58. The maximum Gasteiger partial charge on any atom is 0.137 e. The van der Waals surface area contributed by atoms with Crippen LogP contribution in [0.15, 0.2) is 12.1 Å². The van der Waals surface area contributed by atoms with Crippen LogP contribution in [0.2, 0.25) is 10.0 Å². The quantitative estimate of drug-likeness (QED) is 0.713. The Labute approximate surface area is 95.9 Å². The standard InChI is InChI=1S/C9H6Cl2N2S/c1-4-12-8-6(9(14)13-4)2-5(10)3-7(8)11/h2-3H,1H3,(H,12,13,14). The van der Waals surface area contributed by atoms with Gasteiger partial charge in [0.15, 0.2) is 0 Å². The molecule has 0 aliphatic carbocycles. The molecule has 0 radical (unpaired) electrons. The van der Waals surface area contributed by atoms with Crippen molar-refractivity contribution in [3.63, 3.8) is 0 Å². The molecule has 0 fully saturated rings. The van der Waals surface area contributed by atoms with Crippen LogP contribution < -0.4 is 0 Å². The Hall–Kier alpha value is -0.640. The summed E-state index contributed by atoms with van der Waals surface area (Å²) in [6.45, 7) is 1.83. The fourth-order valence-electron chi connectivity index (χ4n) is 1.29. The number of hydrogen-bond donors (Lipinski definition) is 1. The first-order valence-electron chi connectivity index (χ1n) is 3.93. The second kappa shape index (κ2) is 3.50. The van der Waals surface area contributed by atoms with Crippen molar-refractivity contribution in [3.05, 3.63) is 32.6 Å². The van der Waals surface area contributed by atoms with Gasteiger partial charge in [-0.05, 0) is 19.1 Å². The van der Waals surface area contributed by atoms with E-state index in [1.807, 2.05) is 6.92 Å². The molecule has 2 nitrogen and oxygen atoms in total. The fraction of sp³-hybridized carbons (Fsp3) is 0.111. The molecule has 0 amide bonds. The highest BCUT2D eigenvalue weighted by Gasteiger charge is 2.04. The molecule has 1 heterocycles. The predicted octanol–water partition coefficient (Wildman–Crippen LogP) is 3.91. The van der Waals surface area contributed by atoms with Crippen molar-refractivity contribution in [2.24, 2.45) is 0 Å². The molecule has 0 bridgehead atoms. The molecule has 1 N–H and O–H groups in total. The number of hydrogen-bond acceptors (Lipinski definition) is 2. The van der Waals surface area contributed by atoms with E-state index in [9.17, 15) is 0 Å². The molecule has 0 saturated carbocycles. The molecule has 0 saturated heterocycles. The predicted molar refractivity (Wildman–Crippen MR) is 61.7 cm³/mol. The van der Waals surface area contributed by atoms with Crippen LogP contribution in [-0.4, -0.2) is 9.97 Å². The number of nitrogens with one attached hydrogen (secondary N) is 1. The number of aromatic nitrogens is 2. The van der Waals surface area contributed by atoms with Gasteiger partial charge in [-0.25, -0.2) is 4.98 Å². The summed E-state index contributed by atoms with van der Waals surface area (Å²) in [5, 5.41) is 1.90. The van der Waals surface area contributed by atoms with E-state index < -0.39 is 0 Å². The topological polar surface area (TPSA) is 28.7 Å². The van der Waals surface area contributed by atoms with Crippen molar-refractivity contribution in [3.8, 4) is 0 Å². The Morgan fingerprint density at radius 3 is 2.79 bits per heavy atom. The Kier molecular flexibility index (Phi) is 2.47. The zero-order valence-corrected chi connectivity index (χ0v) is 9.59. The van der Waals surface area contributed by atoms with E-state index in [0.29, 0.717) is 14.7 Å². The van der Waals surface area contributed by atoms with Gasteiger partial charge in [0.2, 0.25) is 0 Å². The molecule has 14 heavy (non-hydrogen) atoms. The summed E-state index contributed by atoms with van der Waals surface area (Å²) in [5.74, 6) is 0.742. The minimum atomic E-state index is 0.514. The van der Waals surface area contributed by atoms with E-state index in [0.717, 1.165) is 16.7 Å². The van der Waals surface area contributed by atoms with Crippen LogP contribution in [0.3, 0.4) is 0 Å². The summed E-state index contributed by atoms with van der Waals surface area (Å²) < 4.78 is 0.514. The van der Waals surface area contributed by atoms with Gasteiger partial charge in [-0.2, -0.15) is 0 Å². The molecule has 0 spiro atoms. The highest BCUT2D eigenvalue weighted by molar-refractivity contribution is 7.71. The van der Waals surface area contributed by atoms with Crippen LogP contribution >= 0.6 is 35.4 Å². The second-order valence-electron chi connectivity index (χ2n) is 2.94. The average Bonchev–Trinajstić information content (AvgIpc) is 2.07. The molecule has 0 aliphatic heterocycles. The Morgan fingerprint density at radius 1 is 1.36 bits per heavy atom. The second-order valence-corrected chi connectivity index (χ2v) is 4.17. The van der Waals surface area contributed by atoms with Crippen molar-refractivity contribution in [2.75, 3.05) is 0 Å². The SMILES string of the molecule is Cc1nc(=S)c2cc(Cl)cc(Cl)c2[nH]1. The number of benzene rings is 1. The van der Waals surface area contributed by atoms with Gasteiger partial charge in [-0.1, -0.05) is 35.4 Å². The van der Waals surface area contributed by atoms with E-state index in [2.05, 4.69) is 9.97 Å². The lowest BCUT2D eigenvalue weighted by Gasteiger charge is -2.03. The van der Waals surface area contributed by atoms with E-state index in [1.54, 1.807) is 12.1 Å². The first kappa shape index (κ1) is 9.90. The van der Waals surface area contributed by atoms with Crippen LogP contribution in [0.4, 0.5) is 0 Å². The highest BCUT2D eigenvalue weighted by atomic mass is 35.5. The molecule has 0 aliphatic rings. The number of rotatable bonds is 0. The first-order valence-corrected chi connectivity index (χ1v) is 5.10. The normalized spacial score (nSPS) is 10.8. The van der Waals surface area contributed by atoms with Crippen LogP contribution in [0, 0.1) is 11.6 Å². The monoisotopic (exact) mass is 244 g/mol. The summed E-state index contributed by atoms with van der Waals surface area (Å²) in [6.07, 6.45) is 0. The third kappa shape index (κ3) is 1.63. The number of aromatic amines is 1. The van der Waals surface area contributed by atoms with Gasteiger partial charge in [-0.3, -0.25) is 0 Å². The molecule has 0 atom stereocenters. The van der Waals surface area contributed by atoms with E-state index in [-0.39, 0.29) is 0 Å². The van der Waals surface area contributed by atoms with Crippen molar-refractivity contribution < 1.29 is 0 Å². The third-order valence-corrected chi connectivity index (χ3v) is 2.69. The van der Waals surface area contributed by atoms with E-state index in [1.165, 1.54) is 0 Å². The smallest absolute Gasteiger partial charge is 0.137 e. The minimum Gasteiger partial charge on any atom is -0.342 e. The fourth-order valence-corrected chi connectivity index (χ4v) is 2.13. The molecule has 2 aromatic rings. The molecule has 1 aromatic carbocycles. The van der Waals surface area contributed by atoms with Crippen molar-refractivity contribution in [2.45, 2.75) is 6.92 Å². The zero-order valence-electron chi connectivity index (χ0n) is 7.27. The number of H-pyrrole nitrogens is 1. The summed E-state index contributed by atoms with van der Waals surface area (Å²) >= 11 is 17.0. The van der Waals surface area contributed by atoms with E-state index in [4.69, 9.17) is 35.4 Å². The van der Waals surface area contributed by atoms with Crippen molar-refractivity contribution in [1.29, 1.82) is 0 Å². The van der Waals surface area contributed by atoms with Gasteiger partial charge >= 0.3 is 0 Å². The van der Waals surface area contributed by atoms with Crippen LogP contribution in [0.5, 0.6) is 0 Å². The summed E-state index contributed by atoms with van der Waals surface area (Å²) in [6, 6.07) is 3.43. The van der Waals surface area contributed by atoms with Crippen molar-refractivity contribution >= 4 is 46.3 Å². The molecular formula is C9H6Cl2N2S. The molecule has 1 aromatic heterocycles. The summed E-state index contributed by atoms with van der Waals surface area (Å²) in [5.41, 5.74) is 0.786. The summed E-state index contributed by atoms with van der Waals surface area (Å²) in [4.78, 5) is 7.18. The number of fused-ring (bicyclic) bond motifs is 1. The number of nitrogens with zero attached hydrogens (tertiary/aromatic N) is 1. The number of halogens is 2. The summed E-state index contributed by atoms with van der Waals surface area (Å²) in [7, 11) is 0. The molecule has 0 unspecified atom stereocenters. The number of aryl methyl sites for hydroxylation is 1. The van der Waals surface area contributed by atoms with Gasteiger partial charge in [-0.15, -0.1) is 0 Å². The van der Waals surface area contributed by atoms with Gasteiger partial charge < -0.3 is 4.98 Å². The zero-order chi connectivity index (χ0) is 10.3. The lowest BCUT2D eigenvalue weighted by Crippen LogP contribution is -1.90. The average molecular weight is 245 g/mol. The molecule has 2 rings (SSSR count). The van der Waals surface area contributed by atoms with Gasteiger partial charge in [0.1, 0.15) is 10.5 Å². The third-order valence-electron chi connectivity index (χ3n) is 1.86. The molecule has 72 valence electrons. The van der Waals surface area contributed by atoms with Gasteiger partial charge in [0, 0.05) is 10.4 Å².